The summed E-state index contributed by atoms with van der Waals surface area (Å²) >= 11 is 7.24. The van der Waals surface area contributed by atoms with Gasteiger partial charge in [0.15, 0.2) is 6.04 Å². The average molecular weight is 525 g/mol. The number of nitrogens with zero attached hydrogens (tertiary/aromatic N) is 2. The quantitative estimate of drug-likeness (QED) is 0.286. The van der Waals surface area contributed by atoms with E-state index in [1.165, 1.54) is 22.5 Å². The molecule has 5 nitrogen and oxygen atoms in total. The maximum absolute atomic E-state index is 12.6. The van der Waals surface area contributed by atoms with Gasteiger partial charge in [0, 0.05) is 28.8 Å². The van der Waals surface area contributed by atoms with Crippen LogP contribution in [0.25, 0.3) is 16.8 Å². The van der Waals surface area contributed by atoms with Crippen molar-refractivity contribution in [1.82, 2.24) is 5.32 Å². The number of hydrogen-bond acceptors (Lipinski definition) is 4. The van der Waals surface area contributed by atoms with E-state index < -0.39 is 0 Å². The summed E-state index contributed by atoms with van der Waals surface area (Å²) < 4.78 is 7.32. The Hall–Kier alpha value is -3.87. The molecule has 1 N–H and O–H groups in total. The lowest BCUT2D eigenvalue weighted by atomic mass is 9.97. The van der Waals surface area contributed by atoms with E-state index in [4.69, 9.17) is 21.4 Å². The standard InChI is InChI=1S/C30H22ClN3O2S/c1-36-25-14-10-21(11-15-25)27-18-26(23-9-8-20-4-2-3-5-22(20)17-23)33-34(27)29-28(37-30(35)32-29)16-19-6-12-24(31)13-7-19/h2-17,27H,18H2,1H3/p+1/b28-16-/t27-/m0/s1. The van der Waals surface area contributed by atoms with Crippen LogP contribution in [0.15, 0.2) is 101 Å². The zero-order chi connectivity index (χ0) is 25.4. The fourth-order valence-electron chi connectivity index (χ4n) is 4.66. The molecule has 0 aromatic heterocycles. The van der Waals surface area contributed by atoms with Gasteiger partial charge >= 0.3 is 11.1 Å². The molecule has 0 saturated carbocycles. The van der Waals surface area contributed by atoms with Crippen molar-refractivity contribution in [2.24, 2.45) is 5.10 Å². The molecule has 0 radical (unpaired) electrons. The summed E-state index contributed by atoms with van der Waals surface area (Å²) in [6.45, 7) is 0. The number of carbonyl (C=O) groups is 1. The van der Waals surface area contributed by atoms with Crippen molar-refractivity contribution in [2.45, 2.75) is 12.5 Å². The lowest BCUT2D eigenvalue weighted by Crippen LogP contribution is -2.29. The van der Waals surface area contributed by atoms with Gasteiger partial charge in [0.2, 0.25) is 0 Å². The van der Waals surface area contributed by atoms with Crippen LogP contribution in [0.3, 0.4) is 0 Å². The molecule has 2 aliphatic rings. The molecule has 1 saturated heterocycles. The Morgan fingerprint density at radius 3 is 2.51 bits per heavy atom. The Bertz CT molecular complexity index is 1610. The third-order valence-electron chi connectivity index (χ3n) is 6.55. The summed E-state index contributed by atoms with van der Waals surface area (Å²) in [4.78, 5) is 13.4. The Morgan fingerprint density at radius 1 is 1.00 bits per heavy atom. The first-order chi connectivity index (χ1) is 18.1. The molecule has 0 bridgehead atoms. The number of thioether (sulfide) groups is 1. The SMILES string of the molecule is COc1ccc([C@@H]2CC(c3ccc4ccccc4c3)=N/[N+]2=C2\NC(=O)S\C2=C/c2ccc(Cl)cc2)cc1. The van der Waals surface area contributed by atoms with E-state index in [1.807, 2.05) is 59.3 Å². The third-order valence-corrected chi connectivity index (χ3v) is 7.62. The second-order valence-corrected chi connectivity index (χ2v) is 10.3. The Kier molecular flexibility index (Phi) is 6.28. The molecule has 0 aliphatic carbocycles. The molecule has 1 fully saturated rings. The number of amides is 1. The molecule has 1 atom stereocenters. The molecule has 6 rings (SSSR count). The smallest absolute Gasteiger partial charge is 0.372 e. The number of hydrogen-bond donors (Lipinski definition) is 1. The zero-order valence-corrected chi connectivity index (χ0v) is 21.6. The number of carbonyl (C=O) groups excluding carboxylic acids is 1. The predicted octanol–water partition coefficient (Wildman–Crippen LogP) is 7.26. The third kappa shape index (κ3) is 4.78. The van der Waals surface area contributed by atoms with Crippen LogP contribution in [0.4, 0.5) is 4.79 Å². The summed E-state index contributed by atoms with van der Waals surface area (Å²) in [7, 11) is 1.66. The van der Waals surface area contributed by atoms with E-state index in [0.29, 0.717) is 17.3 Å². The molecule has 0 unspecified atom stereocenters. The molecule has 37 heavy (non-hydrogen) atoms. The van der Waals surface area contributed by atoms with Gasteiger partial charge in [-0.15, -0.1) is 4.68 Å². The van der Waals surface area contributed by atoms with Crippen LogP contribution in [0, 0.1) is 0 Å². The number of ether oxygens (including phenoxy) is 1. The van der Waals surface area contributed by atoms with Crippen LogP contribution in [0.1, 0.15) is 29.2 Å². The fraction of sp³-hybridized carbons (Fsp3) is 0.100. The van der Waals surface area contributed by atoms with Gasteiger partial charge in [-0.2, -0.15) is 5.32 Å². The van der Waals surface area contributed by atoms with Crippen molar-refractivity contribution >= 4 is 57.0 Å². The highest BCUT2D eigenvalue weighted by Crippen LogP contribution is 2.35. The van der Waals surface area contributed by atoms with Crippen LogP contribution in [0.5, 0.6) is 5.75 Å². The van der Waals surface area contributed by atoms with E-state index in [1.54, 1.807) is 7.11 Å². The lowest BCUT2D eigenvalue weighted by molar-refractivity contribution is -0.568. The molecule has 2 aliphatic heterocycles. The van der Waals surface area contributed by atoms with Crippen molar-refractivity contribution < 1.29 is 14.2 Å². The monoisotopic (exact) mass is 524 g/mol. The normalized spacial score (nSPS) is 20.4. The minimum Gasteiger partial charge on any atom is -0.497 e. The van der Waals surface area contributed by atoms with Crippen molar-refractivity contribution in [3.8, 4) is 5.75 Å². The molecular weight excluding hydrogens is 502 g/mol. The molecule has 2 heterocycles. The summed E-state index contributed by atoms with van der Waals surface area (Å²) in [5.74, 6) is 1.48. The molecule has 7 heteroatoms. The summed E-state index contributed by atoms with van der Waals surface area (Å²) in [5, 5.41) is 11.0. The predicted molar refractivity (Wildman–Crippen MR) is 152 cm³/mol. The number of amidine groups is 1. The molecule has 0 spiro atoms. The van der Waals surface area contributed by atoms with Gasteiger partial charge in [0.05, 0.1) is 12.8 Å². The van der Waals surface area contributed by atoms with Crippen molar-refractivity contribution in [3.05, 3.63) is 118 Å². The van der Waals surface area contributed by atoms with Crippen molar-refractivity contribution in [3.63, 3.8) is 0 Å². The van der Waals surface area contributed by atoms with E-state index in [9.17, 15) is 4.79 Å². The van der Waals surface area contributed by atoms with E-state index in [2.05, 4.69) is 47.8 Å². The number of nitrogens with one attached hydrogen (secondary N) is 1. The largest absolute Gasteiger partial charge is 0.497 e. The second kappa shape index (κ2) is 9.88. The zero-order valence-electron chi connectivity index (χ0n) is 20.0. The van der Waals surface area contributed by atoms with Gasteiger partial charge in [-0.05, 0) is 58.3 Å². The van der Waals surface area contributed by atoms with Gasteiger partial charge in [-0.25, -0.2) is 4.79 Å². The van der Waals surface area contributed by atoms with Crippen LogP contribution in [-0.4, -0.2) is 28.6 Å². The molecule has 4 aromatic rings. The summed E-state index contributed by atoms with van der Waals surface area (Å²) in [6.07, 6.45) is 2.69. The van der Waals surface area contributed by atoms with Gasteiger partial charge in [0.1, 0.15) is 10.7 Å². The van der Waals surface area contributed by atoms with Gasteiger partial charge in [0.25, 0.3) is 0 Å². The minimum absolute atomic E-state index is 0.0880. The van der Waals surface area contributed by atoms with Gasteiger partial charge in [-0.3, -0.25) is 0 Å². The topological polar surface area (TPSA) is 53.7 Å². The van der Waals surface area contributed by atoms with Gasteiger partial charge in [-0.1, -0.05) is 77.4 Å². The maximum Gasteiger partial charge on any atom is 0.372 e. The van der Waals surface area contributed by atoms with E-state index in [0.717, 1.165) is 33.1 Å². The second-order valence-electron chi connectivity index (χ2n) is 8.87. The molecule has 4 aromatic carbocycles. The number of rotatable bonds is 4. The average Bonchev–Trinajstić information content (AvgIpc) is 3.53. The number of methoxy groups -OCH3 is 1. The van der Waals surface area contributed by atoms with Crippen LogP contribution in [-0.2, 0) is 0 Å². The van der Waals surface area contributed by atoms with E-state index in [-0.39, 0.29) is 11.3 Å². The van der Waals surface area contributed by atoms with Crippen molar-refractivity contribution in [1.29, 1.82) is 0 Å². The highest BCUT2D eigenvalue weighted by atomic mass is 35.5. The van der Waals surface area contributed by atoms with E-state index >= 15 is 0 Å². The maximum atomic E-state index is 12.6. The number of fused-ring (bicyclic) bond motifs is 1. The van der Waals surface area contributed by atoms with Crippen molar-refractivity contribution in [2.75, 3.05) is 7.11 Å². The Balaban J connectivity index is 1.48. The van der Waals surface area contributed by atoms with Crippen LogP contribution < -0.4 is 10.1 Å². The molecule has 182 valence electrons. The van der Waals surface area contributed by atoms with Gasteiger partial charge < -0.3 is 4.74 Å². The minimum atomic E-state index is -0.127. The highest BCUT2D eigenvalue weighted by molar-refractivity contribution is 8.18. The number of hydrazone groups is 1. The summed E-state index contributed by atoms with van der Waals surface area (Å²) in [5.41, 5.74) is 4.08. The Labute approximate surface area is 224 Å². The number of benzene rings is 4. The summed E-state index contributed by atoms with van der Waals surface area (Å²) in [6, 6.07) is 30.2. The first-order valence-electron chi connectivity index (χ1n) is 11.9. The molecule has 1 amide bonds. The Morgan fingerprint density at radius 2 is 1.76 bits per heavy atom. The highest BCUT2D eigenvalue weighted by Gasteiger charge is 2.40. The van der Waals surface area contributed by atoms with Crippen LogP contribution >= 0.6 is 23.4 Å². The lowest BCUT2D eigenvalue weighted by Gasteiger charge is -2.11. The first-order valence-corrected chi connectivity index (χ1v) is 13.1. The van der Waals surface area contributed by atoms with Crippen LogP contribution in [0.2, 0.25) is 5.02 Å². The first kappa shape index (κ1) is 23.5. The fourth-order valence-corrected chi connectivity index (χ4v) is 5.57. The number of halogens is 1. The molecular formula is C30H23ClN3O2S+.